The summed E-state index contributed by atoms with van der Waals surface area (Å²) in [7, 11) is 1.34. The summed E-state index contributed by atoms with van der Waals surface area (Å²) in [5, 5.41) is 3.34. The molecule has 0 bridgehead atoms. The van der Waals surface area contributed by atoms with E-state index >= 15 is 0 Å². The van der Waals surface area contributed by atoms with Gasteiger partial charge in [0.05, 0.1) is 0 Å². The van der Waals surface area contributed by atoms with E-state index < -0.39 is 11.9 Å². The van der Waals surface area contributed by atoms with Crippen LogP contribution < -0.4 is 10.5 Å². The lowest BCUT2D eigenvalue weighted by atomic mass is 10.3. The minimum atomic E-state index is -4.54. The molecule has 0 atom stereocenters. The lowest BCUT2D eigenvalue weighted by molar-refractivity contribution is -0.141. The summed E-state index contributed by atoms with van der Waals surface area (Å²) < 4.78 is 44.5. The summed E-state index contributed by atoms with van der Waals surface area (Å²) >= 11 is 3.22. The van der Waals surface area contributed by atoms with Crippen LogP contribution in [0, 0.1) is 6.92 Å². The number of hydrogen-bond acceptors (Lipinski definition) is 4. The Bertz CT molecular complexity index is 654. The van der Waals surface area contributed by atoms with Crippen LogP contribution in [-0.4, -0.2) is 14.8 Å². The molecule has 0 unspecified atom stereocenters. The minimum Gasteiger partial charge on any atom is -0.419 e. The molecule has 0 fully saturated rings. The Balaban J connectivity index is 2.38. The first-order valence-corrected chi connectivity index (χ1v) is 6.19. The monoisotopic (exact) mass is 350 g/mol. The maximum absolute atomic E-state index is 12.5. The summed E-state index contributed by atoms with van der Waals surface area (Å²) in [5.74, 6) is -0.0809. The van der Waals surface area contributed by atoms with Crippen LogP contribution in [0.3, 0.4) is 0 Å². The van der Waals surface area contributed by atoms with Crippen molar-refractivity contribution in [1.29, 1.82) is 0 Å². The second-order valence-electron chi connectivity index (χ2n) is 4.06. The van der Waals surface area contributed by atoms with Crippen molar-refractivity contribution in [3.8, 4) is 11.8 Å². The van der Waals surface area contributed by atoms with Gasteiger partial charge in [-0.05, 0) is 28.9 Å². The Morgan fingerprint density at radius 1 is 1.35 bits per heavy atom. The van der Waals surface area contributed by atoms with Crippen molar-refractivity contribution in [2.24, 2.45) is 7.05 Å². The fourth-order valence-corrected chi connectivity index (χ4v) is 1.98. The van der Waals surface area contributed by atoms with Crippen LogP contribution in [0.1, 0.15) is 11.4 Å². The Morgan fingerprint density at radius 2 is 2.00 bits per heavy atom. The fraction of sp³-hybridized carbons (Fsp3) is 0.273. The molecule has 0 aliphatic rings. The molecule has 0 aliphatic carbocycles. The number of rotatable bonds is 2. The zero-order valence-electron chi connectivity index (χ0n) is 10.5. The molecule has 20 heavy (non-hydrogen) atoms. The van der Waals surface area contributed by atoms with E-state index in [-0.39, 0.29) is 17.4 Å². The minimum absolute atomic E-state index is 0.0219. The van der Waals surface area contributed by atoms with Gasteiger partial charge in [-0.3, -0.25) is 0 Å². The van der Waals surface area contributed by atoms with Crippen molar-refractivity contribution in [2.45, 2.75) is 13.1 Å². The summed E-state index contributed by atoms with van der Waals surface area (Å²) in [6.45, 7) is 1.71. The standard InChI is InChI=1S/C11H10BrF3N4O/c1-5-3-6(12)9(16)10(17-5)20-8-4-7(11(13,14)15)18-19(8)2/h3-4H,16H2,1-2H3. The van der Waals surface area contributed by atoms with E-state index in [2.05, 4.69) is 26.0 Å². The first-order chi connectivity index (χ1) is 9.18. The predicted molar refractivity (Wildman–Crippen MR) is 69.4 cm³/mol. The maximum Gasteiger partial charge on any atom is 0.435 e. The van der Waals surface area contributed by atoms with Crippen LogP contribution in [-0.2, 0) is 13.2 Å². The van der Waals surface area contributed by atoms with E-state index in [1.807, 2.05) is 0 Å². The Hall–Kier alpha value is -1.77. The van der Waals surface area contributed by atoms with Crippen molar-refractivity contribution < 1.29 is 17.9 Å². The van der Waals surface area contributed by atoms with Crippen molar-refractivity contribution >= 4 is 21.6 Å². The van der Waals surface area contributed by atoms with Gasteiger partial charge in [0.15, 0.2) is 5.69 Å². The number of anilines is 1. The zero-order valence-corrected chi connectivity index (χ0v) is 12.1. The van der Waals surface area contributed by atoms with Crippen molar-refractivity contribution in [3.63, 3.8) is 0 Å². The molecule has 0 aromatic carbocycles. The smallest absolute Gasteiger partial charge is 0.419 e. The Labute approximate surface area is 120 Å². The van der Waals surface area contributed by atoms with Crippen LogP contribution in [0.5, 0.6) is 11.8 Å². The highest BCUT2D eigenvalue weighted by atomic mass is 79.9. The van der Waals surface area contributed by atoms with Crippen LogP contribution in [0.4, 0.5) is 18.9 Å². The normalized spacial score (nSPS) is 11.7. The van der Waals surface area contributed by atoms with E-state index in [0.29, 0.717) is 10.2 Å². The lowest BCUT2D eigenvalue weighted by Gasteiger charge is -2.09. The van der Waals surface area contributed by atoms with E-state index in [1.54, 1.807) is 13.0 Å². The number of hydrogen-bond donors (Lipinski definition) is 1. The molecule has 0 saturated carbocycles. The van der Waals surface area contributed by atoms with Gasteiger partial charge in [-0.1, -0.05) is 0 Å². The average molecular weight is 351 g/mol. The van der Waals surface area contributed by atoms with Crippen LogP contribution in [0.25, 0.3) is 0 Å². The van der Waals surface area contributed by atoms with E-state index in [1.165, 1.54) is 7.05 Å². The molecule has 2 heterocycles. The molecule has 9 heteroatoms. The maximum atomic E-state index is 12.5. The van der Waals surface area contributed by atoms with Gasteiger partial charge in [-0.25, -0.2) is 9.67 Å². The molecule has 2 aromatic rings. The number of alkyl halides is 3. The number of nitrogen functional groups attached to an aromatic ring is 1. The van der Waals surface area contributed by atoms with E-state index in [4.69, 9.17) is 10.5 Å². The third-order valence-corrected chi connectivity index (χ3v) is 3.09. The van der Waals surface area contributed by atoms with Crippen molar-refractivity contribution in [1.82, 2.24) is 14.8 Å². The first kappa shape index (κ1) is 14.6. The topological polar surface area (TPSA) is 66.0 Å². The van der Waals surface area contributed by atoms with Crippen LogP contribution in [0.15, 0.2) is 16.6 Å². The first-order valence-electron chi connectivity index (χ1n) is 5.40. The SMILES string of the molecule is Cc1cc(Br)c(N)c(Oc2cc(C(F)(F)F)nn2C)n1. The number of pyridine rings is 1. The van der Waals surface area contributed by atoms with Crippen LogP contribution >= 0.6 is 15.9 Å². The highest BCUT2D eigenvalue weighted by Gasteiger charge is 2.35. The molecule has 2 aromatic heterocycles. The molecule has 0 aliphatic heterocycles. The third-order valence-electron chi connectivity index (χ3n) is 2.43. The largest absolute Gasteiger partial charge is 0.435 e. The second kappa shape index (κ2) is 4.97. The van der Waals surface area contributed by atoms with Gasteiger partial charge in [-0.15, -0.1) is 0 Å². The number of ether oxygens (including phenoxy) is 1. The Kier molecular flexibility index (Phi) is 3.63. The Morgan fingerprint density at radius 3 is 2.55 bits per heavy atom. The number of nitrogens with zero attached hydrogens (tertiary/aromatic N) is 3. The zero-order chi connectivity index (χ0) is 15.1. The van der Waals surface area contributed by atoms with Gasteiger partial charge in [0, 0.05) is 23.3 Å². The van der Waals surface area contributed by atoms with Crippen molar-refractivity contribution in [2.75, 3.05) is 5.73 Å². The third kappa shape index (κ3) is 2.87. The second-order valence-corrected chi connectivity index (χ2v) is 4.91. The van der Waals surface area contributed by atoms with Crippen LogP contribution in [0.2, 0.25) is 0 Å². The van der Waals surface area contributed by atoms with Crippen molar-refractivity contribution in [3.05, 3.63) is 28.0 Å². The summed E-state index contributed by atoms with van der Waals surface area (Å²) in [4.78, 5) is 4.04. The highest BCUT2D eigenvalue weighted by molar-refractivity contribution is 9.10. The molecule has 0 saturated heterocycles. The van der Waals surface area contributed by atoms with Gasteiger partial charge in [-0.2, -0.15) is 18.3 Å². The molecule has 2 N–H and O–H groups in total. The summed E-state index contributed by atoms with van der Waals surface area (Å²) in [5.41, 5.74) is 5.52. The molecule has 2 rings (SSSR count). The summed E-state index contributed by atoms with van der Waals surface area (Å²) in [6.07, 6.45) is -4.54. The molecule has 108 valence electrons. The molecular formula is C11H10BrF3N4O. The number of halogens is 4. The van der Waals surface area contributed by atoms with Gasteiger partial charge in [0.1, 0.15) is 5.69 Å². The molecule has 5 nitrogen and oxygen atoms in total. The molecule has 0 amide bonds. The fourth-order valence-electron chi connectivity index (χ4n) is 1.48. The van der Waals surface area contributed by atoms with Gasteiger partial charge >= 0.3 is 6.18 Å². The lowest BCUT2D eigenvalue weighted by Crippen LogP contribution is -2.06. The predicted octanol–water partition coefficient (Wildman–Crippen LogP) is 3.28. The number of aromatic nitrogens is 3. The molecule has 0 spiro atoms. The summed E-state index contributed by atoms with van der Waals surface area (Å²) in [6, 6.07) is 2.46. The molecule has 0 radical (unpaired) electrons. The quantitative estimate of drug-likeness (QED) is 0.902. The van der Waals surface area contributed by atoms with E-state index in [0.717, 1.165) is 10.7 Å². The average Bonchev–Trinajstić information content (AvgIpc) is 2.67. The number of aryl methyl sites for hydroxylation is 2. The van der Waals surface area contributed by atoms with Gasteiger partial charge in [0.2, 0.25) is 11.8 Å². The van der Waals surface area contributed by atoms with E-state index in [9.17, 15) is 13.2 Å². The number of nitrogens with two attached hydrogens (primary N) is 1. The van der Waals surface area contributed by atoms with Gasteiger partial charge in [0.25, 0.3) is 0 Å². The van der Waals surface area contributed by atoms with Gasteiger partial charge < -0.3 is 10.5 Å². The highest BCUT2D eigenvalue weighted by Crippen LogP contribution is 2.34. The molecular weight excluding hydrogens is 341 g/mol.